The zero-order chi connectivity index (χ0) is 13.1. The number of carbonyl (C=O) groups excluding carboxylic acids is 1. The van der Waals surface area contributed by atoms with Crippen molar-refractivity contribution in [2.75, 3.05) is 18.5 Å². The Labute approximate surface area is 107 Å². The van der Waals surface area contributed by atoms with Crippen LogP contribution in [0.4, 0.5) is 10.6 Å². The van der Waals surface area contributed by atoms with E-state index < -0.39 is 6.09 Å². The molecule has 96 valence electrons. The number of fused-ring (bicyclic) bond motifs is 1. The highest BCUT2D eigenvalue weighted by atomic mass is 35.5. The molecule has 0 saturated heterocycles. The van der Waals surface area contributed by atoms with Gasteiger partial charge in [-0.25, -0.2) is 4.79 Å². The Hall–Kier alpha value is -2.09. The Bertz CT molecular complexity index is 584. The van der Waals surface area contributed by atoms with Crippen molar-refractivity contribution in [2.45, 2.75) is 6.92 Å². The van der Waals surface area contributed by atoms with Gasteiger partial charge in [-0.3, -0.25) is 0 Å². The molecule has 0 unspecified atom stereocenters. The Morgan fingerprint density at radius 3 is 3.17 bits per heavy atom. The van der Waals surface area contributed by atoms with Crippen molar-refractivity contribution in [1.82, 2.24) is 19.6 Å². The van der Waals surface area contributed by atoms with Gasteiger partial charge in [0.1, 0.15) is 23.9 Å². The van der Waals surface area contributed by atoms with Gasteiger partial charge in [-0.2, -0.15) is 19.6 Å². The number of primary amides is 1. The first-order valence-corrected chi connectivity index (χ1v) is 5.49. The van der Waals surface area contributed by atoms with Crippen molar-refractivity contribution in [3.63, 3.8) is 0 Å². The maximum atomic E-state index is 10.4. The standard InChI is InChI=1S/C9H11ClN6O2/c1-5-6(10)15-9-13-4-14-16(9)7(5)12-2-3-18-8(11)17/h4,12H,2-3H2,1H3,(H2,11,17). The molecule has 0 spiro atoms. The second-order valence-corrected chi connectivity index (χ2v) is 3.80. The second-order valence-electron chi connectivity index (χ2n) is 3.44. The fourth-order valence-corrected chi connectivity index (χ4v) is 1.59. The molecule has 0 aliphatic carbocycles. The summed E-state index contributed by atoms with van der Waals surface area (Å²) >= 11 is 5.98. The number of nitrogens with one attached hydrogen (secondary N) is 1. The molecule has 9 heteroatoms. The van der Waals surface area contributed by atoms with Crippen LogP contribution in [0, 0.1) is 6.92 Å². The summed E-state index contributed by atoms with van der Waals surface area (Å²) in [4.78, 5) is 18.4. The predicted molar refractivity (Wildman–Crippen MR) is 64.6 cm³/mol. The lowest BCUT2D eigenvalue weighted by Gasteiger charge is -2.11. The van der Waals surface area contributed by atoms with Gasteiger partial charge in [0.05, 0.1) is 6.54 Å². The van der Waals surface area contributed by atoms with E-state index in [0.29, 0.717) is 23.3 Å². The van der Waals surface area contributed by atoms with Crippen molar-refractivity contribution in [3.05, 3.63) is 17.0 Å². The Kier molecular flexibility index (Phi) is 3.47. The molecule has 8 nitrogen and oxygen atoms in total. The summed E-state index contributed by atoms with van der Waals surface area (Å²) in [6, 6.07) is 0. The highest BCUT2D eigenvalue weighted by Gasteiger charge is 2.11. The van der Waals surface area contributed by atoms with Crippen LogP contribution in [0.2, 0.25) is 5.15 Å². The molecule has 0 aromatic carbocycles. The van der Waals surface area contributed by atoms with E-state index in [-0.39, 0.29) is 6.61 Å². The minimum atomic E-state index is -0.813. The van der Waals surface area contributed by atoms with Crippen molar-refractivity contribution in [2.24, 2.45) is 5.73 Å². The number of amides is 1. The van der Waals surface area contributed by atoms with E-state index in [0.717, 1.165) is 5.56 Å². The molecular weight excluding hydrogens is 260 g/mol. The van der Waals surface area contributed by atoms with Crippen molar-refractivity contribution in [3.8, 4) is 0 Å². The molecule has 0 saturated carbocycles. The van der Waals surface area contributed by atoms with Crippen LogP contribution in [0.5, 0.6) is 0 Å². The van der Waals surface area contributed by atoms with E-state index in [2.05, 4.69) is 25.1 Å². The fraction of sp³-hybridized carbons (Fsp3) is 0.333. The predicted octanol–water partition coefficient (Wildman–Crippen LogP) is 0.593. The van der Waals surface area contributed by atoms with Crippen LogP contribution in [-0.2, 0) is 4.74 Å². The van der Waals surface area contributed by atoms with Gasteiger partial charge in [0.15, 0.2) is 0 Å². The number of rotatable bonds is 4. The maximum Gasteiger partial charge on any atom is 0.404 e. The average molecular weight is 271 g/mol. The molecule has 3 N–H and O–H groups in total. The lowest BCUT2D eigenvalue weighted by molar-refractivity contribution is 0.161. The van der Waals surface area contributed by atoms with Gasteiger partial charge in [-0.1, -0.05) is 11.6 Å². The molecule has 18 heavy (non-hydrogen) atoms. The van der Waals surface area contributed by atoms with Crippen LogP contribution in [0.1, 0.15) is 5.56 Å². The summed E-state index contributed by atoms with van der Waals surface area (Å²) in [5.74, 6) is 1.04. The lowest BCUT2D eigenvalue weighted by Crippen LogP contribution is -2.19. The third-order valence-electron chi connectivity index (χ3n) is 2.24. The normalized spacial score (nSPS) is 10.6. The molecule has 2 heterocycles. The minimum absolute atomic E-state index is 0.144. The molecule has 0 fully saturated rings. The topological polar surface area (TPSA) is 107 Å². The third-order valence-corrected chi connectivity index (χ3v) is 2.61. The fourth-order valence-electron chi connectivity index (χ4n) is 1.43. The number of halogens is 1. The smallest absolute Gasteiger partial charge is 0.404 e. The molecule has 0 atom stereocenters. The highest BCUT2D eigenvalue weighted by molar-refractivity contribution is 6.30. The molecule has 2 rings (SSSR count). The maximum absolute atomic E-state index is 10.4. The monoisotopic (exact) mass is 270 g/mol. The number of ether oxygens (including phenoxy) is 1. The molecular formula is C9H11ClN6O2. The van der Waals surface area contributed by atoms with Gasteiger partial charge >= 0.3 is 6.09 Å². The number of nitrogens with two attached hydrogens (primary N) is 1. The van der Waals surface area contributed by atoms with Crippen LogP contribution in [0.25, 0.3) is 5.78 Å². The van der Waals surface area contributed by atoms with Crippen LogP contribution in [0.15, 0.2) is 6.33 Å². The van der Waals surface area contributed by atoms with Gasteiger partial charge in [0.25, 0.3) is 5.78 Å². The van der Waals surface area contributed by atoms with Crippen LogP contribution < -0.4 is 11.1 Å². The van der Waals surface area contributed by atoms with Gasteiger partial charge in [-0.15, -0.1) is 0 Å². The Balaban J connectivity index is 2.18. The van der Waals surface area contributed by atoms with Gasteiger partial charge < -0.3 is 15.8 Å². The van der Waals surface area contributed by atoms with E-state index in [9.17, 15) is 4.79 Å². The number of anilines is 1. The summed E-state index contributed by atoms with van der Waals surface area (Å²) in [6.07, 6.45) is 0.565. The van der Waals surface area contributed by atoms with Gasteiger partial charge in [0, 0.05) is 5.56 Å². The third kappa shape index (κ3) is 2.43. The molecule has 2 aromatic heterocycles. The average Bonchev–Trinajstić information content (AvgIpc) is 2.76. The summed E-state index contributed by atoms with van der Waals surface area (Å²) in [6.45, 7) is 2.32. The van der Waals surface area contributed by atoms with E-state index in [1.165, 1.54) is 10.8 Å². The quantitative estimate of drug-likeness (QED) is 0.622. The van der Waals surface area contributed by atoms with Crippen molar-refractivity contribution in [1.29, 1.82) is 0 Å². The number of hydrogen-bond donors (Lipinski definition) is 2. The van der Waals surface area contributed by atoms with Crippen LogP contribution in [-0.4, -0.2) is 38.8 Å². The van der Waals surface area contributed by atoms with E-state index in [1.807, 2.05) is 0 Å². The zero-order valence-electron chi connectivity index (χ0n) is 9.55. The van der Waals surface area contributed by atoms with Gasteiger partial charge in [-0.05, 0) is 6.92 Å². The molecule has 1 amide bonds. The Morgan fingerprint density at radius 1 is 1.67 bits per heavy atom. The van der Waals surface area contributed by atoms with Crippen molar-refractivity contribution >= 4 is 29.3 Å². The Morgan fingerprint density at radius 2 is 2.44 bits per heavy atom. The first kappa shape index (κ1) is 12.4. The number of hydrogen-bond acceptors (Lipinski definition) is 6. The number of carbonyl (C=O) groups is 1. The molecule has 0 radical (unpaired) electrons. The SMILES string of the molecule is Cc1c(Cl)nc2ncnn2c1NCCOC(N)=O. The highest BCUT2D eigenvalue weighted by Crippen LogP contribution is 2.21. The first-order chi connectivity index (χ1) is 8.59. The van der Waals surface area contributed by atoms with E-state index in [4.69, 9.17) is 17.3 Å². The zero-order valence-corrected chi connectivity index (χ0v) is 10.3. The molecule has 2 aromatic rings. The number of nitrogens with zero attached hydrogens (tertiary/aromatic N) is 4. The summed E-state index contributed by atoms with van der Waals surface area (Å²) in [5, 5.41) is 7.41. The molecule has 0 aliphatic heterocycles. The van der Waals surface area contributed by atoms with E-state index >= 15 is 0 Å². The van der Waals surface area contributed by atoms with Gasteiger partial charge in [0.2, 0.25) is 0 Å². The molecule has 0 aliphatic rings. The first-order valence-electron chi connectivity index (χ1n) is 5.11. The summed E-state index contributed by atoms with van der Waals surface area (Å²) < 4.78 is 6.13. The van der Waals surface area contributed by atoms with Crippen LogP contribution >= 0.6 is 11.6 Å². The number of aromatic nitrogens is 4. The minimum Gasteiger partial charge on any atom is -0.448 e. The van der Waals surface area contributed by atoms with Crippen LogP contribution in [0.3, 0.4) is 0 Å². The lowest BCUT2D eigenvalue weighted by atomic mass is 10.3. The summed E-state index contributed by atoms with van der Waals surface area (Å²) in [5.41, 5.74) is 5.58. The summed E-state index contributed by atoms with van der Waals surface area (Å²) in [7, 11) is 0. The van der Waals surface area contributed by atoms with E-state index in [1.54, 1.807) is 6.92 Å². The largest absolute Gasteiger partial charge is 0.448 e. The second kappa shape index (κ2) is 5.05. The van der Waals surface area contributed by atoms with Crippen molar-refractivity contribution < 1.29 is 9.53 Å². The molecule has 0 bridgehead atoms.